The van der Waals surface area contributed by atoms with Crippen molar-refractivity contribution in [1.29, 1.82) is 0 Å². The van der Waals surface area contributed by atoms with Crippen molar-refractivity contribution in [2.45, 2.75) is 10.5 Å². The molecule has 68 valence electrons. The van der Waals surface area contributed by atoms with Crippen LogP contribution in [0.15, 0.2) is 5.10 Å². The molecule has 0 aliphatic carbocycles. The summed E-state index contributed by atoms with van der Waals surface area (Å²) in [4.78, 5) is 10.6. The van der Waals surface area contributed by atoms with Gasteiger partial charge in [-0.3, -0.25) is 4.79 Å². The van der Waals surface area contributed by atoms with E-state index >= 15 is 0 Å². The summed E-state index contributed by atoms with van der Waals surface area (Å²) in [5.41, 5.74) is -0.00703. The summed E-state index contributed by atoms with van der Waals surface area (Å²) in [7, 11) is 0. The van der Waals surface area contributed by atoms with Gasteiger partial charge in [0.2, 0.25) is 4.33 Å². The second-order valence-electron chi connectivity index (χ2n) is 1.97. The van der Waals surface area contributed by atoms with Crippen LogP contribution in [0, 0.1) is 0 Å². The fourth-order valence-corrected chi connectivity index (χ4v) is 0.979. The van der Waals surface area contributed by atoms with Gasteiger partial charge in [0.1, 0.15) is 0 Å². The Morgan fingerprint density at radius 3 is 2.08 bits per heavy atom. The Bertz CT molecular complexity index is 260. The van der Waals surface area contributed by atoms with Crippen LogP contribution in [0.3, 0.4) is 0 Å². The Balaban J connectivity index is 3.03. The Labute approximate surface area is 74.5 Å². The molecule has 1 aliphatic heterocycles. The molecule has 0 spiro atoms. The van der Waals surface area contributed by atoms with Gasteiger partial charge in [0.25, 0.3) is 5.91 Å². The summed E-state index contributed by atoms with van der Waals surface area (Å²) in [6, 6.07) is 0. The van der Waals surface area contributed by atoms with Crippen molar-refractivity contribution in [3.8, 4) is 0 Å². The predicted molar refractivity (Wildman–Crippen MR) is 36.1 cm³/mol. The number of amides is 1. The quantitative estimate of drug-likeness (QED) is 0.613. The highest BCUT2D eigenvalue weighted by Gasteiger charge is 2.56. The topological polar surface area (TPSA) is 41.5 Å². The van der Waals surface area contributed by atoms with E-state index in [1.54, 1.807) is 0 Å². The molecule has 0 saturated carbocycles. The molecule has 0 aromatic carbocycles. The molecule has 1 aliphatic rings. The molecule has 1 rings (SSSR count). The maximum Gasteiger partial charge on any atom is 0.434 e. The molecule has 1 N–H and O–H groups in total. The van der Waals surface area contributed by atoms with E-state index in [1.165, 1.54) is 5.43 Å². The summed E-state index contributed by atoms with van der Waals surface area (Å²) >= 11 is 10.1. The van der Waals surface area contributed by atoms with Gasteiger partial charge < -0.3 is 0 Å². The molecule has 0 bridgehead atoms. The third kappa shape index (κ3) is 1.36. The van der Waals surface area contributed by atoms with Crippen molar-refractivity contribution in [3.05, 3.63) is 0 Å². The Kier molecular flexibility index (Phi) is 2.00. The fourth-order valence-electron chi connectivity index (χ4n) is 0.596. The van der Waals surface area contributed by atoms with Crippen molar-refractivity contribution in [1.82, 2.24) is 5.43 Å². The summed E-state index contributed by atoms with van der Waals surface area (Å²) in [6.45, 7) is 0. The summed E-state index contributed by atoms with van der Waals surface area (Å²) < 4.78 is 33.2. The third-order valence-corrected chi connectivity index (χ3v) is 1.82. The highest BCUT2D eigenvalue weighted by molar-refractivity contribution is 6.69. The number of hydrogen-bond donors (Lipinski definition) is 1. The van der Waals surface area contributed by atoms with Gasteiger partial charge in [-0.2, -0.15) is 18.3 Å². The van der Waals surface area contributed by atoms with Gasteiger partial charge in [-0.25, -0.2) is 5.43 Å². The number of nitrogens with zero attached hydrogens (tertiary/aromatic N) is 1. The number of hydrazone groups is 1. The summed E-state index contributed by atoms with van der Waals surface area (Å²) in [5.74, 6) is -1.20. The third-order valence-electron chi connectivity index (χ3n) is 1.12. The average Bonchev–Trinajstić information content (AvgIpc) is 2.06. The molecule has 0 atom stereocenters. The minimum atomic E-state index is -4.80. The summed E-state index contributed by atoms with van der Waals surface area (Å²) in [6.07, 6.45) is -4.80. The molecule has 3 nitrogen and oxygen atoms in total. The lowest BCUT2D eigenvalue weighted by molar-refractivity contribution is -0.120. The number of nitrogens with one attached hydrogen (secondary N) is 1. The normalized spacial score (nSPS) is 22.1. The first kappa shape index (κ1) is 9.60. The second kappa shape index (κ2) is 2.50. The SMILES string of the molecule is O=C1NN=C(C(F)(F)F)C1(Cl)Cl. The Morgan fingerprint density at radius 2 is 1.92 bits per heavy atom. The number of alkyl halides is 5. The van der Waals surface area contributed by atoms with Crippen LogP contribution in [0.1, 0.15) is 0 Å². The standard InChI is InChI=1S/C4HCl2F3N2O/c5-3(6)1(4(7,8)9)10-11-2(3)12/h(H,11,12). The van der Waals surface area contributed by atoms with Crippen LogP contribution in [0.2, 0.25) is 0 Å². The van der Waals surface area contributed by atoms with Gasteiger partial charge in [-0.05, 0) is 0 Å². The first-order chi connectivity index (χ1) is 5.26. The van der Waals surface area contributed by atoms with Gasteiger partial charge in [0, 0.05) is 0 Å². The van der Waals surface area contributed by atoms with Crippen LogP contribution < -0.4 is 5.43 Å². The minimum absolute atomic E-state index is 1.20. The molecule has 0 unspecified atom stereocenters. The molecular weight excluding hydrogens is 220 g/mol. The zero-order valence-corrected chi connectivity index (χ0v) is 6.76. The van der Waals surface area contributed by atoms with Crippen molar-refractivity contribution in [2.75, 3.05) is 0 Å². The maximum absolute atomic E-state index is 11.9. The van der Waals surface area contributed by atoms with Crippen LogP contribution in [-0.4, -0.2) is 22.1 Å². The second-order valence-corrected chi connectivity index (χ2v) is 3.30. The predicted octanol–water partition coefficient (Wildman–Crippen LogP) is 1.21. The molecule has 8 heteroatoms. The smallest absolute Gasteiger partial charge is 0.269 e. The lowest BCUT2D eigenvalue weighted by Gasteiger charge is -2.13. The molecule has 12 heavy (non-hydrogen) atoms. The van der Waals surface area contributed by atoms with E-state index in [4.69, 9.17) is 23.2 Å². The van der Waals surface area contributed by atoms with E-state index in [2.05, 4.69) is 5.10 Å². The molecule has 0 fully saturated rings. The number of carbonyl (C=O) groups is 1. The number of halogens is 5. The van der Waals surface area contributed by atoms with Crippen LogP contribution in [0.4, 0.5) is 13.2 Å². The monoisotopic (exact) mass is 220 g/mol. The highest BCUT2D eigenvalue weighted by atomic mass is 35.5. The average molecular weight is 221 g/mol. The molecule has 0 saturated heterocycles. The van der Waals surface area contributed by atoms with Gasteiger partial charge in [-0.1, -0.05) is 23.2 Å². The highest BCUT2D eigenvalue weighted by Crippen LogP contribution is 2.35. The first-order valence-corrected chi connectivity index (χ1v) is 3.35. The van der Waals surface area contributed by atoms with Crippen LogP contribution >= 0.6 is 23.2 Å². The molecule has 0 aromatic heterocycles. The maximum atomic E-state index is 11.9. The first-order valence-electron chi connectivity index (χ1n) is 2.60. The van der Waals surface area contributed by atoms with E-state index in [1.807, 2.05) is 0 Å². The zero-order valence-electron chi connectivity index (χ0n) is 5.25. The molecule has 1 amide bonds. The number of hydrogen-bond acceptors (Lipinski definition) is 2. The molecule has 0 radical (unpaired) electrons. The molecule has 1 heterocycles. The van der Waals surface area contributed by atoms with Crippen molar-refractivity contribution >= 4 is 34.8 Å². The van der Waals surface area contributed by atoms with E-state index in [0.29, 0.717) is 0 Å². The number of rotatable bonds is 0. The minimum Gasteiger partial charge on any atom is -0.269 e. The van der Waals surface area contributed by atoms with Crippen molar-refractivity contribution in [2.24, 2.45) is 5.10 Å². The van der Waals surface area contributed by atoms with E-state index in [-0.39, 0.29) is 0 Å². The van der Waals surface area contributed by atoms with Crippen molar-refractivity contribution in [3.63, 3.8) is 0 Å². The Morgan fingerprint density at radius 1 is 1.42 bits per heavy atom. The van der Waals surface area contributed by atoms with E-state index < -0.39 is 22.1 Å². The fraction of sp³-hybridized carbons (Fsp3) is 0.500. The lowest BCUT2D eigenvalue weighted by Crippen LogP contribution is -2.41. The largest absolute Gasteiger partial charge is 0.434 e. The summed E-state index contributed by atoms with van der Waals surface area (Å²) in [5, 5.41) is 2.67. The molecular formula is C4HCl2F3N2O. The van der Waals surface area contributed by atoms with Crippen LogP contribution in [-0.2, 0) is 4.79 Å². The zero-order chi connectivity index (χ0) is 9.57. The molecule has 0 aromatic rings. The van der Waals surface area contributed by atoms with Crippen LogP contribution in [0.5, 0.6) is 0 Å². The van der Waals surface area contributed by atoms with Crippen LogP contribution in [0.25, 0.3) is 0 Å². The Hall–Kier alpha value is -0.490. The van der Waals surface area contributed by atoms with E-state index in [0.717, 1.165) is 0 Å². The van der Waals surface area contributed by atoms with E-state index in [9.17, 15) is 18.0 Å². The van der Waals surface area contributed by atoms with Gasteiger partial charge >= 0.3 is 6.18 Å². The van der Waals surface area contributed by atoms with Crippen molar-refractivity contribution < 1.29 is 18.0 Å². The van der Waals surface area contributed by atoms with Gasteiger partial charge in [0.05, 0.1) is 0 Å². The lowest BCUT2D eigenvalue weighted by atomic mass is 10.2. The number of carbonyl (C=O) groups excluding carboxylic acids is 1. The van der Waals surface area contributed by atoms with Gasteiger partial charge in [0.15, 0.2) is 5.71 Å². The van der Waals surface area contributed by atoms with Gasteiger partial charge in [-0.15, -0.1) is 0 Å².